The number of nitrogens with zero attached hydrogens (tertiary/aromatic N) is 2. The lowest BCUT2D eigenvalue weighted by Gasteiger charge is -2.12. The summed E-state index contributed by atoms with van der Waals surface area (Å²) in [7, 11) is 0. The van der Waals surface area contributed by atoms with E-state index in [4.69, 9.17) is 5.73 Å². The van der Waals surface area contributed by atoms with Crippen LogP contribution in [-0.2, 0) is 6.54 Å². The summed E-state index contributed by atoms with van der Waals surface area (Å²) in [4.78, 5) is 15.7. The van der Waals surface area contributed by atoms with Crippen LogP contribution in [-0.4, -0.2) is 15.5 Å². The van der Waals surface area contributed by atoms with Gasteiger partial charge in [0, 0.05) is 30.4 Å². The molecule has 0 fully saturated rings. The van der Waals surface area contributed by atoms with Crippen LogP contribution in [0.4, 0.5) is 0 Å². The number of amides is 1. The van der Waals surface area contributed by atoms with E-state index in [1.807, 2.05) is 29.0 Å². The van der Waals surface area contributed by atoms with Crippen LogP contribution < -0.4 is 5.73 Å². The summed E-state index contributed by atoms with van der Waals surface area (Å²) in [6.45, 7) is 4.81. The summed E-state index contributed by atoms with van der Waals surface area (Å²) in [6.07, 6.45) is 3.70. The van der Waals surface area contributed by atoms with Gasteiger partial charge in [-0.1, -0.05) is 32.0 Å². The second-order valence-electron chi connectivity index (χ2n) is 4.59. The van der Waals surface area contributed by atoms with Gasteiger partial charge in [-0.3, -0.25) is 4.79 Å². The van der Waals surface area contributed by atoms with Crippen LogP contribution in [0, 0.1) is 0 Å². The van der Waals surface area contributed by atoms with Gasteiger partial charge in [0.2, 0.25) is 5.91 Å². The molecule has 2 aromatic rings. The van der Waals surface area contributed by atoms with Crippen molar-refractivity contribution in [2.45, 2.75) is 26.3 Å². The Kier molecular flexibility index (Phi) is 3.46. The molecule has 1 heterocycles. The van der Waals surface area contributed by atoms with Gasteiger partial charge in [-0.15, -0.1) is 0 Å². The number of hydrogen-bond acceptors (Lipinski definition) is 2. The van der Waals surface area contributed by atoms with Crippen molar-refractivity contribution in [3.05, 3.63) is 53.6 Å². The van der Waals surface area contributed by atoms with E-state index in [1.54, 1.807) is 12.3 Å². The molecule has 4 heteroatoms. The van der Waals surface area contributed by atoms with Crippen LogP contribution >= 0.6 is 0 Å². The molecule has 1 aromatic heterocycles. The van der Waals surface area contributed by atoms with E-state index in [1.165, 1.54) is 0 Å². The standard InChI is InChI=1S/C14H17N3O/c1-10(2)14-16-7-8-17(14)9-11-5-3-4-6-12(11)13(15)18/h3-8,10H,9H2,1-2H3,(H2,15,18). The summed E-state index contributed by atoms with van der Waals surface area (Å²) in [6, 6.07) is 7.41. The molecule has 0 saturated heterocycles. The van der Waals surface area contributed by atoms with Crippen molar-refractivity contribution < 1.29 is 4.79 Å². The monoisotopic (exact) mass is 243 g/mol. The van der Waals surface area contributed by atoms with E-state index in [-0.39, 0.29) is 0 Å². The number of hydrogen-bond donors (Lipinski definition) is 1. The minimum Gasteiger partial charge on any atom is -0.366 e. The Balaban J connectivity index is 2.34. The van der Waals surface area contributed by atoms with Gasteiger partial charge in [0.1, 0.15) is 5.82 Å². The van der Waals surface area contributed by atoms with Crippen LogP contribution in [0.1, 0.15) is 41.5 Å². The number of nitrogens with two attached hydrogens (primary N) is 1. The quantitative estimate of drug-likeness (QED) is 0.894. The SMILES string of the molecule is CC(C)c1nccn1Cc1ccccc1C(N)=O. The number of carbonyl (C=O) groups is 1. The van der Waals surface area contributed by atoms with Crippen molar-refractivity contribution in [2.24, 2.45) is 5.73 Å². The zero-order valence-electron chi connectivity index (χ0n) is 10.6. The van der Waals surface area contributed by atoms with Crippen molar-refractivity contribution in [1.29, 1.82) is 0 Å². The lowest BCUT2D eigenvalue weighted by Crippen LogP contribution is -2.15. The highest BCUT2D eigenvalue weighted by Crippen LogP contribution is 2.16. The summed E-state index contributed by atoms with van der Waals surface area (Å²) in [5.74, 6) is 0.965. The summed E-state index contributed by atoms with van der Waals surface area (Å²) < 4.78 is 2.05. The molecular weight excluding hydrogens is 226 g/mol. The number of carbonyl (C=O) groups excluding carboxylic acids is 1. The van der Waals surface area contributed by atoms with E-state index < -0.39 is 5.91 Å². The third-order valence-electron chi connectivity index (χ3n) is 2.89. The number of primary amides is 1. The zero-order valence-corrected chi connectivity index (χ0v) is 10.6. The molecule has 1 aromatic carbocycles. The fraction of sp³-hybridized carbons (Fsp3) is 0.286. The average molecular weight is 243 g/mol. The van der Waals surface area contributed by atoms with Gasteiger partial charge in [-0.25, -0.2) is 4.98 Å². The van der Waals surface area contributed by atoms with Crippen molar-refractivity contribution in [3.8, 4) is 0 Å². The lowest BCUT2D eigenvalue weighted by molar-refractivity contribution is 0.0999. The average Bonchev–Trinajstić information content (AvgIpc) is 2.77. The number of rotatable bonds is 4. The maximum absolute atomic E-state index is 11.4. The fourth-order valence-corrected chi connectivity index (χ4v) is 2.04. The van der Waals surface area contributed by atoms with Crippen LogP contribution in [0.2, 0.25) is 0 Å². The molecule has 0 aliphatic rings. The van der Waals surface area contributed by atoms with Crippen molar-refractivity contribution in [3.63, 3.8) is 0 Å². The van der Waals surface area contributed by atoms with Crippen LogP contribution in [0.15, 0.2) is 36.7 Å². The number of aromatic nitrogens is 2. The Morgan fingerprint density at radius 2 is 2.11 bits per heavy atom. The summed E-state index contributed by atoms with van der Waals surface area (Å²) in [5.41, 5.74) is 6.87. The molecule has 0 saturated carbocycles. The first-order valence-electron chi connectivity index (χ1n) is 5.98. The molecule has 1 amide bonds. The Labute approximate surface area is 106 Å². The van der Waals surface area contributed by atoms with Gasteiger partial charge >= 0.3 is 0 Å². The highest BCUT2D eigenvalue weighted by molar-refractivity contribution is 5.94. The number of benzene rings is 1. The van der Waals surface area contributed by atoms with E-state index in [2.05, 4.69) is 18.8 Å². The second-order valence-corrected chi connectivity index (χ2v) is 4.59. The van der Waals surface area contributed by atoms with Gasteiger partial charge in [-0.05, 0) is 11.6 Å². The molecule has 2 rings (SSSR count). The largest absolute Gasteiger partial charge is 0.366 e. The predicted molar refractivity (Wildman–Crippen MR) is 70.4 cm³/mol. The molecule has 0 atom stereocenters. The maximum Gasteiger partial charge on any atom is 0.249 e. The van der Waals surface area contributed by atoms with E-state index in [0.29, 0.717) is 18.0 Å². The molecule has 4 nitrogen and oxygen atoms in total. The third kappa shape index (κ3) is 2.42. The van der Waals surface area contributed by atoms with E-state index in [0.717, 1.165) is 11.4 Å². The summed E-state index contributed by atoms with van der Waals surface area (Å²) >= 11 is 0. The van der Waals surface area contributed by atoms with Crippen molar-refractivity contribution >= 4 is 5.91 Å². The molecule has 0 aliphatic heterocycles. The third-order valence-corrected chi connectivity index (χ3v) is 2.89. The molecule has 0 unspecified atom stereocenters. The summed E-state index contributed by atoms with van der Waals surface area (Å²) in [5, 5.41) is 0. The second kappa shape index (κ2) is 5.04. The van der Waals surface area contributed by atoms with Crippen LogP contribution in [0.3, 0.4) is 0 Å². The topological polar surface area (TPSA) is 60.9 Å². The molecule has 94 valence electrons. The van der Waals surface area contributed by atoms with Crippen molar-refractivity contribution in [2.75, 3.05) is 0 Å². The minimum absolute atomic E-state index is 0.348. The molecule has 2 N–H and O–H groups in total. The first-order chi connectivity index (χ1) is 8.59. The van der Waals surface area contributed by atoms with Crippen LogP contribution in [0.5, 0.6) is 0 Å². The Hall–Kier alpha value is -2.10. The molecular formula is C14H17N3O. The zero-order chi connectivity index (χ0) is 13.1. The van der Waals surface area contributed by atoms with Gasteiger partial charge in [0.05, 0.1) is 0 Å². The van der Waals surface area contributed by atoms with Crippen LogP contribution in [0.25, 0.3) is 0 Å². The molecule has 0 aliphatic carbocycles. The predicted octanol–water partition coefficient (Wildman–Crippen LogP) is 2.15. The highest BCUT2D eigenvalue weighted by Gasteiger charge is 2.11. The van der Waals surface area contributed by atoms with Crippen molar-refractivity contribution in [1.82, 2.24) is 9.55 Å². The first-order valence-corrected chi connectivity index (χ1v) is 5.98. The van der Waals surface area contributed by atoms with E-state index in [9.17, 15) is 4.79 Å². The van der Waals surface area contributed by atoms with Gasteiger partial charge in [0.25, 0.3) is 0 Å². The first kappa shape index (κ1) is 12.4. The fourth-order valence-electron chi connectivity index (χ4n) is 2.04. The van der Waals surface area contributed by atoms with Gasteiger partial charge < -0.3 is 10.3 Å². The maximum atomic E-state index is 11.4. The Morgan fingerprint density at radius 1 is 1.39 bits per heavy atom. The molecule has 0 bridgehead atoms. The normalized spacial score (nSPS) is 10.8. The Morgan fingerprint density at radius 3 is 2.78 bits per heavy atom. The highest BCUT2D eigenvalue weighted by atomic mass is 16.1. The number of imidazole rings is 1. The lowest BCUT2D eigenvalue weighted by atomic mass is 10.1. The van der Waals surface area contributed by atoms with E-state index >= 15 is 0 Å². The van der Waals surface area contributed by atoms with Gasteiger partial charge in [0.15, 0.2) is 0 Å². The molecule has 0 radical (unpaired) electrons. The molecule has 18 heavy (non-hydrogen) atoms. The van der Waals surface area contributed by atoms with Gasteiger partial charge in [-0.2, -0.15) is 0 Å². The smallest absolute Gasteiger partial charge is 0.249 e. The minimum atomic E-state index is -0.392. The Bertz CT molecular complexity index is 558. The molecule has 0 spiro atoms.